The Balaban J connectivity index is 1.50. The third kappa shape index (κ3) is 5.50. The number of methoxy groups -OCH3 is 1. The first-order chi connectivity index (χ1) is 18.9. The van der Waals surface area contributed by atoms with E-state index in [1.807, 2.05) is 72.8 Å². The van der Waals surface area contributed by atoms with Crippen molar-refractivity contribution in [3.8, 4) is 11.5 Å². The van der Waals surface area contributed by atoms with Crippen molar-refractivity contribution in [1.82, 2.24) is 4.90 Å². The Hall–Kier alpha value is -3.84. The van der Waals surface area contributed by atoms with Crippen molar-refractivity contribution in [2.45, 2.75) is 69.9 Å². The predicted molar refractivity (Wildman–Crippen MR) is 147 cm³/mol. The van der Waals surface area contributed by atoms with Crippen LogP contribution in [0.15, 0.2) is 72.8 Å². The lowest BCUT2D eigenvalue weighted by molar-refractivity contribution is -0.168. The molecule has 3 aromatic carbocycles. The lowest BCUT2D eigenvalue weighted by Gasteiger charge is -2.44. The van der Waals surface area contributed by atoms with Gasteiger partial charge in [-0.05, 0) is 42.5 Å². The van der Waals surface area contributed by atoms with E-state index < -0.39 is 17.6 Å². The molecule has 1 saturated carbocycles. The van der Waals surface area contributed by atoms with Crippen LogP contribution in [0.4, 0.5) is 0 Å². The molecule has 1 heterocycles. The van der Waals surface area contributed by atoms with Gasteiger partial charge in [0.1, 0.15) is 12.1 Å². The Kier molecular flexibility index (Phi) is 7.89. The van der Waals surface area contributed by atoms with E-state index >= 15 is 0 Å². The second kappa shape index (κ2) is 11.5. The topological polar surface area (TPSA) is 85.3 Å². The summed E-state index contributed by atoms with van der Waals surface area (Å²) in [6, 6.07) is 22.8. The number of carbonyl (C=O) groups is 2. The van der Waals surface area contributed by atoms with Crippen molar-refractivity contribution in [3.05, 3.63) is 95.1 Å². The zero-order chi connectivity index (χ0) is 27.4. The zero-order valence-electron chi connectivity index (χ0n) is 22.5. The van der Waals surface area contributed by atoms with Gasteiger partial charge in [-0.25, -0.2) is 4.79 Å². The SMILES string of the molecule is COc1ccc2c(c1OCc1ccccc1)C[C@](C)(C(=O)O)N(C(=O)[C@@H](OC1CCCC1)c1ccccc1)C2. The highest BCUT2D eigenvalue weighted by molar-refractivity contribution is 5.90. The van der Waals surface area contributed by atoms with Gasteiger partial charge < -0.3 is 24.2 Å². The van der Waals surface area contributed by atoms with Crippen molar-refractivity contribution in [1.29, 1.82) is 0 Å². The summed E-state index contributed by atoms with van der Waals surface area (Å²) < 4.78 is 18.2. The molecular formula is C32H35NO6. The molecule has 0 spiro atoms. The monoisotopic (exact) mass is 529 g/mol. The molecule has 204 valence electrons. The lowest BCUT2D eigenvalue weighted by Crippen LogP contribution is -2.59. The predicted octanol–water partition coefficient (Wildman–Crippen LogP) is 5.70. The largest absolute Gasteiger partial charge is 0.493 e. The maximum atomic E-state index is 14.2. The number of rotatable bonds is 9. The second-order valence-electron chi connectivity index (χ2n) is 10.5. The number of hydrogen-bond donors (Lipinski definition) is 1. The van der Waals surface area contributed by atoms with Crippen LogP contribution >= 0.6 is 0 Å². The average Bonchev–Trinajstić information content (AvgIpc) is 3.48. The highest BCUT2D eigenvalue weighted by Gasteiger charge is 2.49. The summed E-state index contributed by atoms with van der Waals surface area (Å²) in [5, 5.41) is 10.5. The van der Waals surface area contributed by atoms with Gasteiger partial charge in [-0.15, -0.1) is 0 Å². The number of aliphatic carboxylic acids is 1. The van der Waals surface area contributed by atoms with Crippen molar-refractivity contribution >= 4 is 11.9 Å². The number of hydrogen-bond acceptors (Lipinski definition) is 5. The molecule has 0 aromatic heterocycles. The molecule has 0 radical (unpaired) electrons. The van der Waals surface area contributed by atoms with E-state index in [2.05, 4.69) is 0 Å². The molecule has 1 aliphatic heterocycles. The van der Waals surface area contributed by atoms with Crippen molar-refractivity contribution in [2.24, 2.45) is 0 Å². The molecule has 2 atom stereocenters. The Bertz CT molecular complexity index is 1300. The van der Waals surface area contributed by atoms with E-state index in [9.17, 15) is 14.7 Å². The number of benzene rings is 3. The molecule has 0 bridgehead atoms. The number of carboxylic acids is 1. The van der Waals surface area contributed by atoms with Gasteiger partial charge in [0.2, 0.25) is 0 Å². The number of ether oxygens (including phenoxy) is 3. The molecule has 0 unspecified atom stereocenters. The van der Waals surface area contributed by atoms with Crippen LogP contribution in [0.3, 0.4) is 0 Å². The van der Waals surface area contributed by atoms with Crippen LogP contribution in [0.25, 0.3) is 0 Å². The van der Waals surface area contributed by atoms with E-state index in [1.54, 1.807) is 14.0 Å². The Morgan fingerprint density at radius 3 is 2.31 bits per heavy atom. The number of fused-ring (bicyclic) bond motifs is 1. The van der Waals surface area contributed by atoms with Crippen LogP contribution in [0.2, 0.25) is 0 Å². The van der Waals surface area contributed by atoms with Gasteiger partial charge >= 0.3 is 5.97 Å². The molecule has 1 amide bonds. The summed E-state index contributed by atoms with van der Waals surface area (Å²) in [5.74, 6) is -0.374. The Morgan fingerprint density at radius 2 is 1.67 bits per heavy atom. The van der Waals surface area contributed by atoms with Crippen LogP contribution in [-0.4, -0.2) is 40.6 Å². The number of carbonyl (C=O) groups excluding carboxylic acids is 1. The fourth-order valence-electron chi connectivity index (χ4n) is 5.60. The zero-order valence-corrected chi connectivity index (χ0v) is 22.5. The summed E-state index contributed by atoms with van der Waals surface area (Å²) in [4.78, 5) is 28.5. The van der Waals surface area contributed by atoms with Gasteiger partial charge in [0.25, 0.3) is 5.91 Å². The molecule has 7 heteroatoms. The molecule has 1 N–H and O–H groups in total. The third-order valence-electron chi connectivity index (χ3n) is 7.90. The number of nitrogens with zero attached hydrogens (tertiary/aromatic N) is 1. The van der Waals surface area contributed by atoms with Gasteiger partial charge in [-0.1, -0.05) is 79.6 Å². The fourth-order valence-corrected chi connectivity index (χ4v) is 5.60. The van der Waals surface area contributed by atoms with Crippen molar-refractivity contribution < 1.29 is 28.9 Å². The Morgan fingerprint density at radius 1 is 1.00 bits per heavy atom. The molecule has 5 rings (SSSR count). The molecule has 1 aliphatic carbocycles. The summed E-state index contributed by atoms with van der Waals surface area (Å²) in [7, 11) is 1.57. The van der Waals surface area contributed by atoms with Gasteiger partial charge in [-0.3, -0.25) is 4.79 Å². The quantitative estimate of drug-likeness (QED) is 0.383. The summed E-state index contributed by atoms with van der Waals surface area (Å²) in [6.45, 7) is 2.04. The lowest BCUT2D eigenvalue weighted by atomic mass is 9.82. The summed E-state index contributed by atoms with van der Waals surface area (Å²) in [5.41, 5.74) is 1.79. The fraction of sp³-hybridized carbons (Fsp3) is 0.375. The van der Waals surface area contributed by atoms with Crippen molar-refractivity contribution in [2.75, 3.05) is 7.11 Å². The standard InChI is InChI=1S/C32H35NO6/c1-32(31(35)36)19-26-24(17-18-27(37-2)29(26)38-21-22-11-5-3-6-12-22)20-33(32)30(34)28(23-13-7-4-8-14-23)39-25-15-9-10-16-25/h3-8,11-14,17-18,25,28H,9-10,15-16,19-21H2,1-2H3,(H,35,36)/t28-,32+/m0/s1. The third-order valence-corrected chi connectivity index (χ3v) is 7.90. The average molecular weight is 530 g/mol. The molecule has 3 aromatic rings. The maximum absolute atomic E-state index is 14.2. The van der Waals surface area contributed by atoms with Crippen LogP contribution < -0.4 is 9.47 Å². The molecule has 1 fully saturated rings. The van der Waals surface area contributed by atoms with Crippen LogP contribution in [0, 0.1) is 0 Å². The minimum Gasteiger partial charge on any atom is -0.493 e. The highest BCUT2D eigenvalue weighted by atomic mass is 16.5. The Labute approximate surface area is 229 Å². The smallest absolute Gasteiger partial charge is 0.329 e. The van der Waals surface area contributed by atoms with E-state index in [-0.39, 0.29) is 25.0 Å². The van der Waals surface area contributed by atoms with Crippen LogP contribution in [0.1, 0.15) is 61.0 Å². The highest BCUT2D eigenvalue weighted by Crippen LogP contribution is 2.43. The van der Waals surface area contributed by atoms with E-state index in [4.69, 9.17) is 14.2 Å². The van der Waals surface area contributed by atoms with Gasteiger partial charge in [0, 0.05) is 18.5 Å². The number of carboxylic acid groups (broad SMARTS) is 1. The molecular weight excluding hydrogens is 494 g/mol. The van der Waals surface area contributed by atoms with Gasteiger partial charge in [0.05, 0.1) is 13.2 Å². The molecule has 39 heavy (non-hydrogen) atoms. The first-order valence-electron chi connectivity index (χ1n) is 13.5. The minimum absolute atomic E-state index is 0.0189. The maximum Gasteiger partial charge on any atom is 0.329 e. The number of amides is 1. The van der Waals surface area contributed by atoms with Gasteiger partial charge in [0.15, 0.2) is 17.6 Å². The van der Waals surface area contributed by atoms with Crippen LogP contribution in [0.5, 0.6) is 11.5 Å². The van der Waals surface area contributed by atoms with E-state index in [1.165, 1.54) is 4.90 Å². The van der Waals surface area contributed by atoms with E-state index in [0.29, 0.717) is 18.1 Å². The van der Waals surface area contributed by atoms with Crippen LogP contribution in [-0.2, 0) is 33.9 Å². The summed E-state index contributed by atoms with van der Waals surface area (Å²) in [6.07, 6.45) is 3.12. The molecule has 7 nitrogen and oxygen atoms in total. The molecule has 0 saturated heterocycles. The van der Waals surface area contributed by atoms with Gasteiger partial charge in [-0.2, -0.15) is 0 Å². The summed E-state index contributed by atoms with van der Waals surface area (Å²) >= 11 is 0. The van der Waals surface area contributed by atoms with Crippen molar-refractivity contribution in [3.63, 3.8) is 0 Å². The first kappa shape index (κ1) is 26.8. The molecule has 2 aliphatic rings. The first-order valence-corrected chi connectivity index (χ1v) is 13.5. The minimum atomic E-state index is -1.51. The van der Waals surface area contributed by atoms with E-state index in [0.717, 1.165) is 47.9 Å². The second-order valence-corrected chi connectivity index (χ2v) is 10.5. The normalized spacial score (nSPS) is 19.8.